The normalized spacial score (nSPS) is 19.6. The van der Waals surface area contributed by atoms with Gasteiger partial charge in [-0.05, 0) is 44.5 Å². The fourth-order valence-corrected chi connectivity index (χ4v) is 2.84. The number of carbonyl (C=O) groups is 1. The summed E-state index contributed by atoms with van der Waals surface area (Å²) in [6.07, 6.45) is 2.39. The van der Waals surface area contributed by atoms with Crippen molar-refractivity contribution in [2.45, 2.75) is 32.7 Å². The van der Waals surface area contributed by atoms with Gasteiger partial charge in [-0.1, -0.05) is 19.1 Å². The van der Waals surface area contributed by atoms with Gasteiger partial charge in [0.2, 0.25) is 0 Å². The Morgan fingerprint density at radius 3 is 3.00 bits per heavy atom. The van der Waals surface area contributed by atoms with E-state index in [1.165, 1.54) is 6.42 Å². The molecule has 1 saturated heterocycles. The monoisotopic (exact) mass is 261 g/mol. The Bertz CT molecular complexity index is 438. The van der Waals surface area contributed by atoms with Crippen LogP contribution in [0, 0.1) is 6.92 Å². The number of nitrogen functional groups attached to an aromatic ring is 1. The maximum Gasteiger partial charge on any atom is 0.253 e. The number of rotatable bonds is 4. The average molecular weight is 261 g/mol. The third-order valence-electron chi connectivity index (χ3n) is 3.94. The summed E-state index contributed by atoms with van der Waals surface area (Å²) in [6.45, 7) is 6.98. The van der Waals surface area contributed by atoms with Gasteiger partial charge in [-0.15, -0.1) is 0 Å². The third kappa shape index (κ3) is 3.07. The highest BCUT2D eigenvalue weighted by atomic mass is 16.1. The molecule has 0 aromatic heterocycles. The van der Waals surface area contributed by atoms with Crippen LogP contribution in [0.5, 0.6) is 0 Å². The van der Waals surface area contributed by atoms with Crippen LogP contribution in [0.4, 0.5) is 5.69 Å². The second-order valence-electron chi connectivity index (χ2n) is 5.17. The molecular weight excluding hydrogens is 238 g/mol. The summed E-state index contributed by atoms with van der Waals surface area (Å²) in [5.74, 6) is -0.0569. The fraction of sp³-hybridized carbons (Fsp3) is 0.533. The molecule has 0 saturated carbocycles. The Labute approximate surface area is 115 Å². The van der Waals surface area contributed by atoms with Crippen molar-refractivity contribution in [3.8, 4) is 0 Å². The first kappa shape index (κ1) is 13.9. The van der Waals surface area contributed by atoms with Crippen LogP contribution in [-0.2, 0) is 0 Å². The van der Waals surface area contributed by atoms with Crippen molar-refractivity contribution < 1.29 is 4.79 Å². The van der Waals surface area contributed by atoms with E-state index in [0.29, 0.717) is 23.8 Å². The number of nitrogens with two attached hydrogens (primary N) is 1. The first-order chi connectivity index (χ1) is 9.13. The zero-order valence-electron chi connectivity index (χ0n) is 11.8. The summed E-state index contributed by atoms with van der Waals surface area (Å²) in [5, 5.41) is 3.03. The number of benzene rings is 1. The maximum absolute atomic E-state index is 12.2. The molecule has 19 heavy (non-hydrogen) atoms. The molecule has 2 rings (SSSR count). The van der Waals surface area contributed by atoms with Gasteiger partial charge < -0.3 is 11.1 Å². The lowest BCUT2D eigenvalue weighted by Gasteiger charge is -2.23. The van der Waals surface area contributed by atoms with E-state index in [2.05, 4.69) is 17.1 Å². The van der Waals surface area contributed by atoms with E-state index in [1.54, 1.807) is 6.07 Å². The first-order valence-corrected chi connectivity index (χ1v) is 7.00. The van der Waals surface area contributed by atoms with Crippen LogP contribution < -0.4 is 11.1 Å². The maximum atomic E-state index is 12.2. The van der Waals surface area contributed by atoms with Gasteiger partial charge in [-0.3, -0.25) is 9.69 Å². The van der Waals surface area contributed by atoms with E-state index in [0.717, 1.165) is 25.1 Å². The Morgan fingerprint density at radius 1 is 1.53 bits per heavy atom. The molecule has 1 amide bonds. The Kier molecular flexibility index (Phi) is 4.43. The average Bonchev–Trinajstić information content (AvgIpc) is 2.83. The van der Waals surface area contributed by atoms with Crippen molar-refractivity contribution in [3.05, 3.63) is 29.3 Å². The number of hydrogen-bond donors (Lipinski definition) is 2. The minimum Gasteiger partial charge on any atom is -0.398 e. The van der Waals surface area contributed by atoms with Crippen molar-refractivity contribution in [1.82, 2.24) is 10.2 Å². The molecule has 1 fully saturated rings. The van der Waals surface area contributed by atoms with Crippen molar-refractivity contribution in [2.75, 3.05) is 25.4 Å². The fourth-order valence-electron chi connectivity index (χ4n) is 2.84. The summed E-state index contributed by atoms with van der Waals surface area (Å²) in [7, 11) is 0. The highest BCUT2D eigenvalue weighted by Gasteiger charge is 2.23. The molecule has 1 aromatic carbocycles. The second-order valence-corrected chi connectivity index (χ2v) is 5.17. The van der Waals surface area contributed by atoms with Crippen molar-refractivity contribution in [2.24, 2.45) is 0 Å². The summed E-state index contributed by atoms with van der Waals surface area (Å²) >= 11 is 0. The summed E-state index contributed by atoms with van der Waals surface area (Å²) in [5.41, 5.74) is 7.98. The second kappa shape index (κ2) is 6.06. The third-order valence-corrected chi connectivity index (χ3v) is 3.94. The minimum absolute atomic E-state index is 0.0569. The van der Waals surface area contributed by atoms with Gasteiger partial charge >= 0.3 is 0 Å². The van der Waals surface area contributed by atoms with Gasteiger partial charge in [0, 0.05) is 18.3 Å². The number of aryl methyl sites for hydroxylation is 1. The number of nitrogens with zero attached hydrogens (tertiary/aromatic N) is 1. The molecule has 104 valence electrons. The van der Waals surface area contributed by atoms with Crippen LogP contribution >= 0.6 is 0 Å². The van der Waals surface area contributed by atoms with Crippen LogP contribution in [0.15, 0.2) is 18.2 Å². The summed E-state index contributed by atoms with van der Waals surface area (Å²) in [6, 6.07) is 6.03. The van der Waals surface area contributed by atoms with Gasteiger partial charge in [0.15, 0.2) is 0 Å². The molecular formula is C15H23N3O. The van der Waals surface area contributed by atoms with Crippen LogP contribution in [0.1, 0.15) is 35.7 Å². The molecule has 1 aliphatic rings. The van der Waals surface area contributed by atoms with E-state index < -0.39 is 0 Å². The summed E-state index contributed by atoms with van der Waals surface area (Å²) in [4.78, 5) is 14.6. The van der Waals surface area contributed by atoms with Crippen LogP contribution in [0.3, 0.4) is 0 Å². The quantitative estimate of drug-likeness (QED) is 0.812. The molecule has 1 aliphatic heterocycles. The lowest BCUT2D eigenvalue weighted by Crippen LogP contribution is -2.40. The number of carbonyl (C=O) groups excluding carboxylic acids is 1. The first-order valence-electron chi connectivity index (χ1n) is 7.00. The van der Waals surface area contributed by atoms with Crippen molar-refractivity contribution in [3.63, 3.8) is 0 Å². The molecule has 3 N–H and O–H groups in total. The lowest BCUT2D eigenvalue weighted by molar-refractivity contribution is 0.0941. The predicted octanol–water partition coefficient (Wildman–Crippen LogP) is 1.79. The highest BCUT2D eigenvalue weighted by molar-refractivity contribution is 6.00. The lowest BCUT2D eigenvalue weighted by atomic mass is 10.1. The minimum atomic E-state index is -0.0569. The largest absolute Gasteiger partial charge is 0.398 e. The SMILES string of the molecule is CCN1CCCC1CNC(=O)c1c(C)cccc1N. The number of amides is 1. The van der Waals surface area contributed by atoms with Gasteiger partial charge in [0.1, 0.15) is 0 Å². The van der Waals surface area contributed by atoms with Gasteiger partial charge in [0.05, 0.1) is 5.56 Å². The smallest absolute Gasteiger partial charge is 0.253 e. The van der Waals surface area contributed by atoms with Crippen LogP contribution in [0.25, 0.3) is 0 Å². The molecule has 1 atom stereocenters. The molecule has 1 heterocycles. The number of likely N-dealkylation sites (tertiary alicyclic amines) is 1. The van der Waals surface area contributed by atoms with Gasteiger partial charge in [-0.25, -0.2) is 0 Å². The molecule has 0 aliphatic carbocycles. The van der Waals surface area contributed by atoms with Crippen LogP contribution in [-0.4, -0.2) is 36.5 Å². The topological polar surface area (TPSA) is 58.4 Å². The van der Waals surface area contributed by atoms with E-state index in [1.807, 2.05) is 19.1 Å². The Balaban J connectivity index is 1.98. The number of hydrogen-bond acceptors (Lipinski definition) is 3. The highest BCUT2D eigenvalue weighted by Crippen LogP contribution is 2.18. The molecule has 4 heteroatoms. The number of likely N-dealkylation sites (N-methyl/N-ethyl adjacent to an activating group) is 1. The Hall–Kier alpha value is -1.55. The number of anilines is 1. The van der Waals surface area contributed by atoms with E-state index in [-0.39, 0.29) is 5.91 Å². The zero-order chi connectivity index (χ0) is 13.8. The van der Waals surface area contributed by atoms with E-state index in [4.69, 9.17) is 5.73 Å². The van der Waals surface area contributed by atoms with Gasteiger partial charge in [0.25, 0.3) is 5.91 Å². The molecule has 0 radical (unpaired) electrons. The van der Waals surface area contributed by atoms with E-state index >= 15 is 0 Å². The standard InChI is InChI=1S/C15H23N3O/c1-3-18-9-5-7-12(18)10-17-15(19)14-11(2)6-4-8-13(14)16/h4,6,8,12H,3,5,7,9-10,16H2,1-2H3,(H,17,19). The Morgan fingerprint density at radius 2 is 2.32 bits per heavy atom. The van der Waals surface area contributed by atoms with Crippen LogP contribution in [0.2, 0.25) is 0 Å². The van der Waals surface area contributed by atoms with E-state index in [9.17, 15) is 4.79 Å². The molecule has 1 unspecified atom stereocenters. The summed E-state index contributed by atoms with van der Waals surface area (Å²) < 4.78 is 0. The molecule has 1 aromatic rings. The molecule has 0 spiro atoms. The van der Waals surface area contributed by atoms with Crippen molar-refractivity contribution >= 4 is 11.6 Å². The van der Waals surface area contributed by atoms with Crippen molar-refractivity contribution in [1.29, 1.82) is 0 Å². The number of nitrogens with one attached hydrogen (secondary N) is 1. The molecule has 0 bridgehead atoms. The molecule has 4 nitrogen and oxygen atoms in total. The zero-order valence-corrected chi connectivity index (χ0v) is 11.8. The predicted molar refractivity (Wildman–Crippen MR) is 78.2 cm³/mol. The van der Waals surface area contributed by atoms with Gasteiger partial charge in [-0.2, -0.15) is 0 Å².